The van der Waals surface area contributed by atoms with E-state index in [2.05, 4.69) is 37.3 Å². The van der Waals surface area contributed by atoms with Gasteiger partial charge in [0.2, 0.25) is 0 Å². The Bertz CT molecular complexity index is 1120. The van der Waals surface area contributed by atoms with Crippen LogP contribution in [0.1, 0.15) is 63.8 Å². The van der Waals surface area contributed by atoms with E-state index >= 15 is 4.39 Å². The highest BCUT2D eigenvalue weighted by molar-refractivity contribution is 9.10. The molecular weight excluding hydrogens is 551 g/mol. The Hall–Kier alpha value is -1.96. The number of nitrogens with one attached hydrogen (secondary N) is 1. The minimum Gasteiger partial charge on any atom is -0.394 e. The van der Waals surface area contributed by atoms with Crippen molar-refractivity contribution in [3.05, 3.63) is 57.3 Å². The standard InChI is InChI=1S/C26H31BrClFN4O3/c1-25(2,3)10-20-26(14-30,24-31-11-15(27)12-32-24)21(17-7-5-8-18(28)22(17)29)23(33-20)19(36)9-4-6-16(35)13-34/h5,7-8,11-12,16,20-21,23,33-35H,4,6,9-10,13H2,1-3H3/t16-,20-,21-,23-,26-/m0/s1. The number of carbonyl (C=O) groups is 1. The van der Waals surface area contributed by atoms with Crippen LogP contribution in [0.25, 0.3) is 0 Å². The third kappa shape index (κ3) is 5.95. The molecule has 0 spiro atoms. The summed E-state index contributed by atoms with van der Waals surface area (Å²) in [7, 11) is 0. The van der Waals surface area contributed by atoms with Gasteiger partial charge in [0.1, 0.15) is 17.0 Å². The van der Waals surface area contributed by atoms with E-state index in [1.165, 1.54) is 18.5 Å². The van der Waals surface area contributed by atoms with E-state index in [4.69, 9.17) is 16.7 Å². The fourth-order valence-corrected chi connectivity index (χ4v) is 5.38. The van der Waals surface area contributed by atoms with Crippen LogP contribution >= 0.6 is 27.5 Å². The van der Waals surface area contributed by atoms with Crippen molar-refractivity contribution in [3.8, 4) is 6.07 Å². The number of carbonyl (C=O) groups excluding carboxylic acids is 1. The van der Waals surface area contributed by atoms with Crippen molar-refractivity contribution in [2.45, 2.75) is 76.0 Å². The lowest BCUT2D eigenvalue weighted by Gasteiger charge is -2.35. The van der Waals surface area contributed by atoms with Gasteiger partial charge in [-0.15, -0.1) is 0 Å². The molecule has 36 heavy (non-hydrogen) atoms. The molecular formula is C26H31BrClFN4O3. The zero-order valence-electron chi connectivity index (χ0n) is 20.5. The molecule has 0 amide bonds. The van der Waals surface area contributed by atoms with E-state index in [0.29, 0.717) is 17.3 Å². The number of hydrogen-bond acceptors (Lipinski definition) is 7. The monoisotopic (exact) mass is 580 g/mol. The molecule has 1 fully saturated rings. The molecule has 2 heterocycles. The number of ketones is 1. The maximum atomic E-state index is 15.5. The molecule has 194 valence electrons. The van der Waals surface area contributed by atoms with Crippen LogP contribution in [0.3, 0.4) is 0 Å². The largest absolute Gasteiger partial charge is 0.394 e. The van der Waals surface area contributed by atoms with Crippen LogP contribution in [-0.2, 0) is 10.2 Å². The summed E-state index contributed by atoms with van der Waals surface area (Å²) in [6.07, 6.45) is 3.30. The van der Waals surface area contributed by atoms with Crippen molar-refractivity contribution in [1.82, 2.24) is 15.3 Å². The summed E-state index contributed by atoms with van der Waals surface area (Å²) < 4.78 is 16.2. The number of rotatable bonds is 9. The van der Waals surface area contributed by atoms with Gasteiger partial charge in [0, 0.05) is 30.8 Å². The van der Waals surface area contributed by atoms with Crippen LogP contribution in [0.2, 0.25) is 5.02 Å². The van der Waals surface area contributed by atoms with E-state index in [0.717, 1.165) is 0 Å². The second kappa shape index (κ2) is 11.6. The molecule has 3 N–H and O–H groups in total. The average Bonchev–Trinajstić information content (AvgIpc) is 3.14. The average molecular weight is 582 g/mol. The zero-order chi connectivity index (χ0) is 26.7. The lowest BCUT2D eigenvalue weighted by atomic mass is 9.65. The van der Waals surface area contributed by atoms with Crippen molar-refractivity contribution in [3.63, 3.8) is 0 Å². The number of aliphatic hydroxyl groups is 2. The molecule has 10 heteroatoms. The summed E-state index contributed by atoms with van der Waals surface area (Å²) >= 11 is 9.47. The van der Waals surface area contributed by atoms with Gasteiger partial charge in [0.05, 0.1) is 34.3 Å². The van der Waals surface area contributed by atoms with Crippen molar-refractivity contribution in [2.24, 2.45) is 5.41 Å². The minimum atomic E-state index is -1.47. The zero-order valence-corrected chi connectivity index (χ0v) is 22.9. The van der Waals surface area contributed by atoms with Gasteiger partial charge >= 0.3 is 0 Å². The molecule has 0 radical (unpaired) electrons. The Morgan fingerprint density at radius 3 is 2.61 bits per heavy atom. The topological polar surface area (TPSA) is 119 Å². The lowest BCUT2D eigenvalue weighted by Crippen LogP contribution is -2.45. The van der Waals surface area contributed by atoms with Gasteiger partial charge in [-0.2, -0.15) is 5.26 Å². The number of Topliss-reactive ketones (excluding diaryl/α,β-unsaturated/α-hetero) is 1. The van der Waals surface area contributed by atoms with E-state index in [1.807, 2.05) is 20.8 Å². The molecule has 0 bridgehead atoms. The fraction of sp³-hybridized carbons (Fsp3) is 0.538. The molecule has 1 aliphatic rings. The first-order valence-corrected chi connectivity index (χ1v) is 13.0. The second-order valence-corrected chi connectivity index (χ2v) is 11.8. The Labute approximate surface area is 224 Å². The molecule has 0 aliphatic carbocycles. The molecule has 1 saturated heterocycles. The lowest BCUT2D eigenvalue weighted by molar-refractivity contribution is -0.121. The number of nitrogens with zero attached hydrogens (tertiary/aromatic N) is 3. The molecule has 3 rings (SSSR count). The summed E-state index contributed by atoms with van der Waals surface area (Å²) in [6, 6.07) is 5.50. The quantitative estimate of drug-likeness (QED) is 0.400. The van der Waals surface area contributed by atoms with E-state index < -0.39 is 41.9 Å². The number of aromatic nitrogens is 2. The summed E-state index contributed by atoms with van der Waals surface area (Å²) in [4.78, 5) is 22.5. The highest BCUT2D eigenvalue weighted by Crippen LogP contribution is 2.51. The van der Waals surface area contributed by atoms with Crippen LogP contribution in [0.15, 0.2) is 35.1 Å². The Morgan fingerprint density at radius 1 is 1.36 bits per heavy atom. The first kappa shape index (κ1) is 28.6. The third-order valence-corrected chi connectivity index (χ3v) is 7.28. The molecule has 0 saturated carbocycles. The normalized spacial score (nSPS) is 24.9. The van der Waals surface area contributed by atoms with Crippen molar-refractivity contribution >= 4 is 33.3 Å². The number of aliphatic hydroxyl groups excluding tert-OH is 2. The fourth-order valence-electron chi connectivity index (χ4n) is 5.00. The Kier molecular flexibility index (Phi) is 9.23. The SMILES string of the molecule is CC(C)(C)C[C@@H]1N[C@@H](C(=O)CCC[C@H](O)CO)[C@H](c2cccc(Cl)c2F)[C@@]1(C#N)c1ncc(Br)cn1. The van der Waals surface area contributed by atoms with Crippen LogP contribution in [0.5, 0.6) is 0 Å². The predicted octanol–water partition coefficient (Wildman–Crippen LogP) is 4.45. The second-order valence-electron chi connectivity index (χ2n) is 10.5. The van der Waals surface area contributed by atoms with E-state index in [9.17, 15) is 15.2 Å². The van der Waals surface area contributed by atoms with Crippen molar-refractivity contribution in [2.75, 3.05) is 6.61 Å². The maximum absolute atomic E-state index is 15.5. The summed E-state index contributed by atoms with van der Waals surface area (Å²) in [5.74, 6) is -1.67. The molecule has 5 atom stereocenters. The van der Waals surface area contributed by atoms with Crippen LogP contribution in [-0.4, -0.2) is 50.8 Å². The van der Waals surface area contributed by atoms with E-state index in [1.54, 1.807) is 12.1 Å². The number of hydrogen-bond donors (Lipinski definition) is 3. The van der Waals surface area contributed by atoms with Gasteiger partial charge in [-0.25, -0.2) is 14.4 Å². The first-order valence-electron chi connectivity index (χ1n) is 11.9. The van der Waals surface area contributed by atoms with Crippen LogP contribution in [0, 0.1) is 22.6 Å². The minimum absolute atomic E-state index is 0.0817. The van der Waals surface area contributed by atoms with Gasteiger partial charge < -0.3 is 15.5 Å². The Balaban J connectivity index is 2.19. The highest BCUT2D eigenvalue weighted by Gasteiger charge is 2.61. The molecule has 0 unspecified atom stereocenters. The van der Waals surface area contributed by atoms with Crippen LogP contribution < -0.4 is 5.32 Å². The first-order chi connectivity index (χ1) is 16.9. The van der Waals surface area contributed by atoms with Gasteiger partial charge in [-0.1, -0.05) is 44.5 Å². The smallest absolute Gasteiger partial charge is 0.150 e. The van der Waals surface area contributed by atoms with Gasteiger partial charge in [-0.05, 0) is 52.2 Å². The number of nitriles is 1. The van der Waals surface area contributed by atoms with E-state index in [-0.39, 0.29) is 40.5 Å². The van der Waals surface area contributed by atoms with Crippen LogP contribution in [0.4, 0.5) is 4.39 Å². The summed E-state index contributed by atoms with van der Waals surface area (Å²) in [5.41, 5.74) is -1.56. The number of benzene rings is 1. The third-order valence-electron chi connectivity index (χ3n) is 6.58. The predicted molar refractivity (Wildman–Crippen MR) is 138 cm³/mol. The Morgan fingerprint density at radius 2 is 2.03 bits per heavy atom. The molecule has 1 aromatic heterocycles. The summed E-state index contributed by atoms with van der Waals surface area (Å²) in [6.45, 7) is 5.69. The summed E-state index contributed by atoms with van der Waals surface area (Å²) in [5, 5.41) is 32.8. The highest BCUT2D eigenvalue weighted by atomic mass is 79.9. The molecule has 1 aromatic carbocycles. The van der Waals surface area contributed by atoms with Crippen molar-refractivity contribution in [1.29, 1.82) is 5.26 Å². The van der Waals surface area contributed by atoms with Gasteiger partial charge in [0.25, 0.3) is 0 Å². The van der Waals surface area contributed by atoms with Crippen molar-refractivity contribution < 1.29 is 19.4 Å². The maximum Gasteiger partial charge on any atom is 0.150 e. The number of halogens is 3. The van der Waals surface area contributed by atoms with Gasteiger partial charge in [-0.3, -0.25) is 4.79 Å². The molecule has 2 aromatic rings. The van der Waals surface area contributed by atoms with Gasteiger partial charge in [0.15, 0.2) is 5.82 Å². The molecule has 7 nitrogen and oxygen atoms in total. The molecule has 1 aliphatic heterocycles.